The first-order valence-electron chi connectivity index (χ1n) is 8.89. The SMILES string of the molecule is O=C(O)C1NCCN(C(=O)c2ccc3ccc4ccccc4c3c2)C1C(=O)O. The molecule has 3 aromatic rings. The van der Waals surface area contributed by atoms with Crippen LogP contribution in [0, 0.1) is 0 Å². The molecular formula is C21H18N2O5. The zero-order chi connectivity index (χ0) is 19.8. The van der Waals surface area contributed by atoms with E-state index >= 15 is 0 Å². The molecule has 0 saturated carbocycles. The van der Waals surface area contributed by atoms with Gasteiger partial charge in [-0.1, -0.05) is 42.5 Å². The number of nitrogens with one attached hydrogen (secondary N) is 1. The van der Waals surface area contributed by atoms with Gasteiger partial charge in [-0.3, -0.25) is 9.59 Å². The van der Waals surface area contributed by atoms with Crippen LogP contribution in [0.25, 0.3) is 21.5 Å². The van der Waals surface area contributed by atoms with Gasteiger partial charge in [-0.15, -0.1) is 0 Å². The highest BCUT2D eigenvalue weighted by molar-refractivity contribution is 6.10. The van der Waals surface area contributed by atoms with Crippen LogP contribution in [0.15, 0.2) is 54.6 Å². The quantitative estimate of drug-likeness (QED) is 0.602. The molecule has 4 rings (SSSR count). The van der Waals surface area contributed by atoms with Crippen molar-refractivity contribution >= 4 is 39.4 Å². The lowest BCUT2D eigenvalue weighted by Gasteiger charge is -2.37. The predicted molar refractivity (Wildman–Crippen MR) is 103 cm³/mol. The van der Waals surface area contributed by atoms with E-state index in [9.17, 15) is 24.6 Å². The molecule has 0 aromatic heterocycles. The molecule has 1 fully saturated rings. The van der Waals surface area contributed by atoms with Gasteiger partial charge in [0.2, 0.25) is 0 Å². The van der Waals surface area contributed by atoms with Gasteiger partial charge in [0.1, 0.15) is 6.04 Å². The van der Waals surface area contributed by atoms with Gasteiger partial charge in [-0.05, 0) is 33.7 Å². The molecule has 0 spiro atoms. The monoisotopic (exact) mass is 378 g/mol. The standard InChI is InChI=1S/C21H18N2O5/c24-19(23-10-9-22-17(20(25)26)18(23)21(27)28)14-8-7-13-6-5-12-3-1-2-4-15(12)16(13)11-14/h1-8,11,17-18,22H,9-10H2,(H,25,26)(H,27,28). The molecule has 7 nitrogen and oxygen atoms in total. The number of amides is 1. The molecular weight excluding hydrogens is 360 g/mol. The molecule has 7 heteroatoms. The Morgan fingerprint density at radius 2 is 1.57 bits per heavy atom. The van der Waals surface area contributed by atoms with E-state index in [0.29, 0.717) is 5.56 Å². The zero-order valence-corrected chi connectivity index (χ0v) is 14.8. The second-order valence-corrected chi connectivity index (χ2v) is 6.77. The molecule has 2 unspecified atom stereocenters. The highest BCUT2D eigenvalue weighted by Crippen LogP contribution is 2.27. The summed E-state index contributed by atoms with van der Waals surface area (Å²) in [6.45, 7) is 0.330. The number of hydrogen-bond acceptors (Lipinski definition) is 4. The molecule has 1 aliphatic rings. The number of fused-ring (bicyclic) bond motifs is 3. The van der Waals surface area contributed by atoms with Crippen LogP contribution < -0.4 is 5.32 Å². The fourth-order valence-electron chi connectivity index (χ4n) is 3.80. The van der Waals surface area contributed by atoms with Crippen LogP contribution in [0.2, 0.25) is 0 Å². The highest BCUT2D eigenvalue weighted by Gasteiger charge is 2.43. The van der Waals surface area contributed by atoms with Crippen LogP contribution in [0.4, 0.5) is 0 Å². The summed E-state index contributed by atoms with van der Waals surface area (Å²) in [5.74, 6) is -3.14. The van der Waals surface area contributed by atoms with Crippen molar-refractivity contribution in [3.63, 3.8) is 0 Å². The van der Waals surface area contributed by atoms with E-state index in [2.05, 4.69) is 5.32 Å². The Hall–Kier alpha value is -3.45. The van der Waals surface area contributed by atoms with Crippen molar-refractivity contribution in [2.24, 2.45) is 0 Å². The van der Waals surface area contributed by atoms with E-state index in [1.807, 2.05) is 42.5 Å². The molecule has 3 N–H and O–H groups in total. The Bertz CT molecular complexity index is 1110. The maximum atomic E-state index is 13.1. The fourth-order valence-corrected chi connectivity index (χ4v) is 3.80. The first-order chi connectivity index (χ1) is 13.5. The number of nitrogens with zero attached hydrogens (tertiary/aromatic N) is 1. The smallest absolute Gasteiger partial charge is 0.328 e. The number of piperazine rings is 1. The average molecular weight is 378 g/mol. The summed E-state index contributed by atoms with van der Waals surface area (Å²) >= 11 is 0. The minimum Gasteiger partial charge on any atom is -0.480 e. The molecule has 3 aromatic carbocycles. The van der Waals surface area contributed by atoms with Gasteiger partial charge in [-0.25, -0.2) is 4.79 Å². The van der Waals surface area contributed by atoms with Gasteiger partial charge < -0.3 is 20.4 Å². The van der Waals surface area contributed by atoms with Crippen LogP contribution in [0.3, 0.4) is 0 Å². The average Bonchev–Trinajstić information content (AvgIpc) is 2.72. The molecule has 28 heavy (non-hydrogen) atoms. The molecule has 1 saturated heterocycles. The van der Waals surface area contributed by atoms with Crippen molar-refractivity contribution < 1.29 is 24.6 Å². The van der Waals surface area contributed by atoms with Crippen molar-refractivity contribution in [1.82, 2.24) is 10.2 Å². The molecule has 1 aliphatic heterocycles. The summed E-state index contributed by atoms with van der Waals surface area (Å²) in [7, 11) is 0. The van der Waals surface area contributed by atoms with Gasteiger partial charge in [0, 0.05) is 18.7 Å². The number of benzene rings is 3. The number of aliphatic carboxylic acids is 2. The van der Waals surface area contributed by atoms with Crippen LogP contribution >= 0.6 is 0 Å². The lowest BCUT2D eigenvalue weighted by molar-refractivity contribution is -0.152. The molecule has 0 bridgehead atoms. The second kappa shape index (κ2) is 6.94. The van der Waals surface area contributed by atoms with Gasteiger partial charge in [0.25, 0.3) is 5.91 Å². The Labute approximate surface area is 160 Å². The lowest BCUT2D eigenvalue weighted by atomic mass is 9.98. The third-order valence-corrected chi connectivity index (χ3v) is 5.14. The van der Waals surface area contributed by atoms with E-state index < -0.39 is 29.9 Å². The summed E-state index contributed by atoms with van der Waals surface area (Å²) in [5.41, 5.74) is 0.334. The summed E-state index contributed by atoms with van der Waals surface area (Å²) in [6.07, 6.45) is 0. The van der Waals surface area contributed by atoms with Crippen molar-refractivity contribution in [1.29, 1.82) is 0 Å². The molecule has 1 amide bonds. The lowest BCUT2D eigenvalue weighted by Crippen LogP contribution is -2.65. The molecule has 142 valence electrons. The summed E-state index contributed by atoms with van der Waals surface area (Å²) in [6, 6.07) is 14.2. The summed E-state index contributed by atoms with van der Waals surface area (Å²) in [5, 5.41) is 25.4. The maximum Gasteiger partial charge on any atom is 0.328 e. The summed E-state index contributed by atoms with van der Waals surface area (Å²) < 4.78 is 0. The maximum absolute atomic E-state index is 13.1. The van der Waals surface area contributed by atoms with Gasteiger partial charge >= 0.3 is 11.9 Å². The number of rotatable bonds is 3. The third-order valence-electron chi connectivity index (χ3n) is 5.14. The van der Waals surface area contributed by atoms with Crippen LogP contribution in [-0.2, 0) is 9.59 Å². The number of carboxylic acid groups (broad SMARTS) is 2. The third kappa shape index (κ3) is 2.95. The topological polar surface area (TPSA) is 107 Å². The Kier molecular flexibility index (Phi) is 4.44. The van der Waals surface area contributed by atoms with Crippen molar-refractivity contribution in [2.75, 3.05) is 13.1 Å². The zero-order valence-electron chi connectivity index (χ0n) is 14.8. The Morgan fingerprint density at radius 1 is 0.893 bits per heavy atom. The van der Waals surface area contributed by atoms with Crippen molar-refractivity contribution in [3.05, 3.63) is 60.2 Å². The van der Waals surface area contributed by atoms with Crippen molar-refractivity contribution in [3.8, 4) is 0 Å². The van der Waals surface area contributed by atoms with E-state index in [4.69, 9.17) is 0 Å². The highest BCUT2D eigenvalue weighted by atomic mass is 16.4. The van der Waals surface area contributed by atoms with Crippen LogP contribution in [0.1, 0.15) is 10.4 Å². The number of hydrogen-bond donors (Lipinski definition) is 3. The number of carbonyl (C=O) groups is 3. The Balaban J connectivity index is 1.78. The van der Waals surface area contributed by atoms with E-state index in [1.165, 1.54) is 0 Å². The molecule has 0 aliphatic carbocycles. The van der Waals surface area contributed by atoms with E-state index in [0.717, 1.165) is 26.4 Å². The first-order valence-corrected chi connectivity index (χ1v) is 8.89. The minimum atomic E-state index is -1.47. The number of carboxylic acids is 2. The normalized spacial score (nSPS) is 19.6. The van der Waals surface area contributed by atoms with Crippen LogP contribution in [-0.4, -0.2) is 58.1 Å². The largest absolute Gasteiger partial charge is 0.480 e. The van der Waals surface area contributed by atoms with Gasteiger partial charge in [0.05, 0.1) is 0 Å². The van der Waals surface area contributed by atoms with Crippen molar-refractivity contribution in [2.45, 2.75) is 12.1 Å². The van der Waals surface area contributed by atoms with Crippen LogP contribution in [0.5, 0.6) is 0 Å². The fraction of sp³-hybridized carbons (Fsp3) is 0.190. The predicted octanol–water partition coefficient (Wildman–Crippen LogP) is 1.94. The minimum absolute atomic E-state index is 0.118. The molecule has 1 heterocycles. The molecule has 0 radical (unpaired) electrons. The second-order valence-electron chi connectivity index (χ2n) is 6.77. The van der Waals surface area contributed by atoms with E-state index in [-0.39, 0.29) is 13.1 Å². The van der Waals surface area contributed by atoms with E-state index in [1.54, 1.807) is 12.1 Å². The van der Waals surface area contributed by atoms with Gasteiger partial charge in [-0.2, -0.15) is 0 Å². The Morgan fingerprint density at radius 3 is 2.29 bits per heavy atom. The first kappa shape index (κ1) is 17.9. The summed E-state index contributed by atoms with van der Waals surface area (Å²) in [4.78, 5) is 37.4. The number of carbonyl (C=O) groups excluding carboxylic acids is 1. The van der Waals surface area contributed by atoms with Gasteiger partial charge in [0.15, 0.2) is 6.04 Å². The molecule has 2 atom stereocenters.